The summed E-state index contributed by atoms with van der Waals surface area (Å²) in [4.78, 5) is 6.72. The smallest absolute Gasteiger partial charge is 0.0783 e. The topological polar surface area (TPSA) is 26.0 Å². The molecule has 0 spiro atoms. The molecular formula is C41H26N4. The van der Waals surface area contributed by atoms with Gasteiger partial charge in [0.1, 0.15) is 0 Å². The Labute approximate surface area is 259 Å². The quantitative estimate of drug-likeness (QED) is 0.210. The van der Waals surface area contributed by atoms with E-state index in [-0.39, 0.29) is 0 Å². The van der Waals surface area contributed by atoms with Gasteiger partial charge in [-0.25, -0.2) is 0 Å². The molecule has 0 amide bonds. The second-order valence-electron chi connectivity index (χ2n) is 11.7. The van der Waals surface area contributed by atoms with Crippen molar-refractivity contribution in [2.45, 2.75) is 0 Å². The largest absolute Gasteiger partial charge is 0.309 e. The van der Waals surface area contributed by atoms with E-state index in [0.717, 1.165) is 22.5 Å². The van der Waals surface area contributed by atoms with E-state index < -0.39 is 0 Å². The van der Waals surface area contributed by atoms with Crippen LogP contribution >= 0.6 is 0 Å². The van der Waals surface area contributed by atoms with Crippen molar-refractivity contribution < 1.29 is 0 Å². The molecule has 10 rings (SSSR count). The molecule has 0 radical (unpaired) electrons. The minimum absolute atomic E-state index is 1.12. The zero-order valence-corrected chi connectivity index (χ0v) is 24.3. The van der Waals surface area contributed by atoms with E-state index in [1.807, 2.05) is 18.5 Å². The molecule has 0 saturated heterocycles. The molecule has 3 aromatic heterocycles. The summed E-state index contributed by atoms with van der Waals surface area (Å²) in [5.41, 5.74) is 13.0. The van der Waals surface area contributed by atoms with Crippen LogP contribution in [0.1, 0.15) is 0 Å². The number of pyridine rings is 1. The molecular weight excluding hydrogens is 548 g/mol. The first-order chi connectivity index (χ1) is 22.4. The fourth-order valence-corrected chi connectivity index (χ4v) is 7.47. The van der Waals surface area contributed by atoms with Crippen LogP contribution in [0.5, 0.6) is 0 Å². The van der Waals surface area contributed by atoms with Crippen LogP contribution in [0.2, 0.25) is 0 Å². The maximum Gasteiger partial charge on any atom is 0.0783 e. The van der Waals surface area contributed by atoms with Gasteiger partial charge < -0.3 is 14.0 Å². The first-order valence-corrected chi connectivity index (χ1v) is 15.3. The summed E-state index contributed by atoms with van der Waals surface area (Å²) in [6.45, 7) is 0. The number of para-hydroxylation sites is 5. The van der Waals surface area contributed by atoms with Crippen molar-refractivity contribution in [1.29, 1.82) is 0 Å². The summed E-state index contributed by atoms with van der Waals surface area (Å²) in [6, 6.07) is 52.6. The van der Waals surface area contributed by atoms with Crippen LogP contribution in [-0.4, -0.2) is 14.1 Å². The first-order valence-electron chi connectivity index (χ1n) is 15.3. The highest BCUT2D eigenvalue weighted by molar-refractivity contribution is 6.30. The molecule has 0 atom stereocenters. The van der Waals surface area contributed by atoms with Gasteiger partial charge in [0.05, 0.1) is 39.1 Å². The van der Waals surface area contributed by atoms with Crippen molar-refractivity contribution in [1.82, 2.24) is 14.1 Å². The maximum absolute atomic E-state index is 4.31. The lowest BCUT2D eigenvalue weighted by Gasteiger charge is -2.33. The lowest BCUT2D eigenvalue weighted by molar-refractivity contribution is 1.11. The van der Waals surface area contributed by atoms with Gasteiger partial charge in [0.2, 0.25) is 0 Å². The Balaban J connectivity index is 1.30. The average molecular weight is 575 g/mol. The number of hydrogen-bond donors (Lipinski definition) is 0. The Kier molecular flexibility index (Phi) is 4.96. The molecule has 4 heteroatoms. The molecule has 0 aliphatic carbocycles. The lowest BCUT2D eigenvalue weighted by atomic mass is 10.0. The van der Waals surface area contributed by atoms with E-state index in [0.29, 0.717) is 0 Å². The number of aromatic nitrogens is 3. The van der Waals surface area contributed by atoms with Crippen molar-refractivity contribution in [2.24, 2.45) is 0 Å². The number of rotatable bonds is 3. The Hall–Kier alpha value is -6.13. The van der Waals surface area contributed by atoms with Crippen LogP contribution in [0.15, 0.2) is 158 Å². The van der Waals surface area contributed by atoms with Gasteiger partial charge in [-0.2, -0.15) is 0 Å². The number of nitrogens with zero attached hydrogens (tertiary/aromatic N) is 4. The average Bonchev–Trinajstić information content (AvgIpc) is 3.63. The third-order valence-electron chi connectivity index (χ3n) is 9.30. The minimum atomic E-state index is 1.12. The Morgan fingerprint density at radius 1 is 0.400 bits per heavy atom. The molecule has 6 aromatic carbocycles. The normalized spacial score (nSPS) is 12.4. The third-order valence-corrected chi connectivity index (χ3v) is 9.30. The van der Waals surface area contributed by atoms with Gasteiger partial charge in [0.15, 0.2) is 0 Å². The summed E-state index contributed by atoms with van der Waals surface area (Å²) >= 11 is 0. The molecule has 1 aliphatic heterocycles. The Morgan fingerprint density at radius 2 is 1.09 bits per heavy atom. The van der Waals surface area contributed by atoms with Gasteiger partial charge >= 0.3 is 0 Å². The number of hydrogen-bond acceptors (Lipinski definition) is 2. The molecule has 0 saturated carbocycles. The maximum atomic E-state index is 4.31. The highest BCUT2D eigenvalue weighted by Crippen LogP contribution is 2.51. The van der Waals surface area contributed by atoms with Crippen molar-refractivity contribution >= 4 is 60.7 Å². The van der Waals surface area contributed by atoms with Crippen LogP contribution in [0.4, 0.5) is 17.1 Å². The monoisotopic (exact) mass is 574 g/mol. The summed E-state index contributed by atoms with van der Waals surface area (Å²) in [5.74, 6) is 0. The molecule has 4 heterocycles. The fourth-order valence-electron chi connectivity index (χ4n) is 7.47. The summed E-state index contributed by atoms with van der Waals surface area (Å²) in [5, 5.41) is 5.09. The van der Waals surface area contributed by atoms with Crippen LogP contribution in [-0.2, 0) is 0 Å². The SMILES string of the molecule is c1ccc(N2c3ccccc3-n3c4ccc5c(c6ccccc6n5-c5ccc(-c6cccnc6)cc5)c4c4cccc2c43)cc1. The van der Waals surface area contributed by atoms with Gasteiger partial charge in [-0.3, -0.25) is 4.98 Å². The zero-order chi connectivity index (χ0) is 29.5. The highest BCUT2D eigenvalue weighted by Gasteiger charge is 2.29. The van der Waals surface area contributed by atoms with Crippen LogP contribution < -0.4 is 4.90 Å². The van der Waals surface area contributed by atoms with E-state index >= 15 is 0 Å². The third kappa shape index (κ3) is 3.34. The van der Waals surface area contributed by atoms with Crippen molar-refractivity contribution in [3.05, 3.63) is 158 Å². The molecule has 4 nitrogen and oxygen atoms in total. The summed E-state index contributed by atoms with van der Waals surface area (Å²) < 4.78 is 4.89. The predicted molar refractivity (Wildman–Crippen MR) is 187 cm³/mol. The molecule has 210 valence electrons. The molecule has 9 aromatic rings. The van der Waals surface area contributed by atoms with Gasteiger partial charge in [-0.05, 0) is 77.9 Å². The Bertz CT molecular complexity index is 2580. The van der Waals surface area contributed by atoms with E-state index in [9.17, 15) is 0 Å². The van der Waals surface area contributed by atoms with Crippen molar-refractivity contribution in [3.8, 4) is 22.5 Å². The summed E-state index contributed by atoms with van der Waals surface area (Å²) in [6.07, 6.45) is 3.73. The number of benzene rings is 6. The second-order valence-corrected chi connectivity index (χ2v) is 11.7. The van der Waals surface area contributed by atoms with Crippen LogP contribution in [0.25, 0.3) is 66.1 Å². The highest BCUT2D eigenvalue weighted by atomic mass is 15.2. The molecule has 0 bridgehead atoms. The van der Waals surface area contributed by atoms with Gasteiger partial charge in [0, 0.05) is 45.3 Å². The molecule has 0 fully saturated rings. The predicted octanol–water partition coefficient (Wildman–Crippen LogP) is 10.7. The summed E-state index contributed by atoms with van der Waals surface area (Å²) in [7, 11) is 0. The van der Waals surface area contributed by atoms with Crippen LogP contribution in [0, 0.1) is 0 Å². The molecule has 0 unspecified atom stereocenters. The van der Waals surface area contributed by atoms with E-state index in [4.69, 9.17) is 0 Å². The van der Waals surface area contributed by atoms with Gasteiger partial charge in [-0.1, -0.05) is 78.9 Å². The second kappa shape index (κ2) is 9.18. The van der Waals surface area contributed by atoms with Crippen LogP contribution in [0.3, 0.4) is 0 Å². The molecule has 1 aliphatic rings. The van der Waals surface area contributed by atoms with E-state index in [1.165, 1.54) is 60.7 Å². The standard InChI is InChI=1S/C41H26N4/c1-2-11-29(12-3-1)44-34-16-6-7-17-35(34)45-37-24-23-36-39(40(37)32-14-8-18-38(44)41(32)45)31-13-4-5-15-33(31)43(36)30-21-19-27(20-22-30)28-10-9-25-42-26-28/h1-26H. The van der Waals surface area contributed by atoms with E-state index in [2.05, 4.69) is 159 Å². The number of anilines is 3. The van der Waals surface area contributed by atoms with Crippen molar-refractivity contribution in [2.75, 3.05) is 4.90 Å². The zero-order valence-electron chi connectivity index (χ0n) is 24.3. The lowest BCUT2D eigenvalue weighted by Crippen LogP contribution is -2.17. The fraction of sp³-hybridized carbons (Fsp3) is 0. The Morgan fingerprint density at radius 3 is 1.91 bits per heavy atom. The molecule has 0 N–H and O–H groups in total. The van der Waals surface area contributed by atoms with Gasteiger partial charge in [-0.15, -0.1) is 0 Å². The minimum Gasteiger partial charge on any atom is -0.309 e. The number of fused-ring (bicyclic) bond motifs is 9. The van der Waals surface area contributed by atoms with E-state index in [1.54, 1.807) is 0 Å². The first kappa shape index (κ1) is 24.3. The molecule has 45 heavy (non-hydrogen) atoms. The van der Waals surface area contributed by atoms with Crippen molar-refractivity contribution in [3.63, 3.8) is 0 Å². The van der Waals surface area contributed by atoms with Gasteiger partial charge in [0.25, 0.3) is 0 Å².